The first-order valence-corrected chi connectivity index (χ1v) is 5.37. The molecule has 0 radical (unpaired) electrons. The maximum Gasteiger partial charge on any atom is 0.356 e. The van der Waals surface area contributed by atoms with Crippen LogP contribution in [-0.2, 0) is 7.05 Å². The first-order chi connectivity index (χ1) is 7.11. The monoisotopic (exact) mass is 208 g/mol. The van der Waals surface area contributed by atoms with Gasteiger partial charge in [-0.2, -0.15) is 0 Å². The molecule has 4 nitrogen and oxygen atoms in total. The van der Waals surface area contributed by atoms with Gasteiger partial charge in [0.2, 0.25) is 0 Å². The van der Waals surface area contributed by atoms with Crippen LogP contribution in [0.4, 0.5) is 0 Å². The molecule has 0 unspecified atom stereocenters. The first-order valence-electron chi connectivity index (χ1n) is 5.37. The predicted octanol–water partition coefficient (Wildman–Crippen LogP) is 2.08. The summed E-state index contributed by atoms with van der Waals surface area (Å²) in [6.07, 6.45) is 4.60. The van der Waals surface area contributed by atoms with Crippen molar-refractivity contribution in [1.82, 2.24) is 9.55 Å². The van der Waals surface area contributed by atoms with Gasteiger partial charge in [0.15, 0.2) is 5.69 Å². The summed E-state index contributed by atoms with van der Waals surface area (Å²) in [5.41, 5.74) is 1.17. The number of rotatable bonds is 2. The van der Waals surface area contributed by atoms with Crippen molar-refractivity contribution >= 4 is 5.97 Å². The summed E-state index contributed by atoms with van der Waals surface area (Å²) >= 11 is 0. The molecule has 0 aliphatic heterocycles. The molecule has 2 rings (SSSR count). The van der Waals surface area contributed by atoms with Crippen molar-refractivity contribution in [2.45, 2.75) is 38.5 Å². The molecule has 15 heavy (non-hydrogen) atoms. The number of nitrogens with zero attached hydrogens (tertiary/aromatic N) is 2. The Morgan fingerprint density at radius 1 is 1.47 bits per heavy atom. The highest BCUT2D eigenvalue weighted by Gasteiger charge is 2.27. The van der Waals surface area contributed by atoms with Gasteiger partial charge in [-0.15, -0.1) is 0 Å². The number of aryl methyl sites for hydroxylation is 1. The van der Waals surface area contributed by atoms with Crippen LogP contribution < -0.4 is 0 Å². The molecular formula is C11H16N2O2. The van der Waals surface area contributed by atoms with E-state index in [0.29, 0.717) is 5.92 Å². The predicted molar refractivity (Wildman–Crippen MR) is 56.1 cm³/mol. The molecule has 82 valence electrons. The third kappa shape index (κ3) is 1.64. The second-order valence-corrected chi connectivity index (χ2v) is 4.24. The molecule has 1 aromatic rings. The second kappa shape index (κ2) is 3.68. The van der Waals surface area contributed by atoms with E-state index in [1.807, 2.05) is 18.5 Å². The van der Waals surface area contributed by atoms with E-state index in [2.05, 4.69) is 4.98 Å². The summed E-state index contributed by atoms with van der Waals surface area (Å²) in [4.78, 5) is 15.2. The van der Waals surface area contributed by atoms with E-state index >= 15 is 0 Å². The van der Waals surface area contributed by atoms with Gasteiger partial charge in [-0.25, -0.2) is 9.78 Å². The fourth-order valence-electron chi connectivity index (χ4n) is 2.45. The highest BCUT2D eigenvalue weighted by atomic mass is 16.4. The van der Waals surface area contributed by atoms with Crippen LogP contribution in [-0.4, -0.2) is 20.6 Å². The fraction of sp³-hybridized carbons (Fsp3) is 0.636. The van der Waals surface area contributed by atoms with Crippen LogP contribution in [0.15, 0.2) is 0 Å². The van der Waals surface area contributed by atoms with Crippen LogP contribution in [0, 0.1) is 6.92 Å². The van der Waals surface area contributed by atoms with Gasteiger partial charge in [-0.1, -0.05) is 12.8 Å². The van der Waals surface area contributed by atoms with Gasteiger partial charge in [0, 0.05) is 13.0 Å². The topological polar surface area (TPSA) is 55.1 Å². The summed E-state index contributed by atoms with van der Waals surface area (Å²) < 4.78 is 1.93. The Balaban J connectivity index is 2.46. The Morgan fingerprint density at radius 3 is 2.60 bits per heavy atom. The van der Waals surface area contributed by atoms with Gasteiger partial charge in [0.05, 0.1) is 5.69 Å². The summed E-state index contributed by atoms with van der Waals surface area (Å²) in [7, 11) is 1.91. The third-order valence-electron chi connectivity index (χ3n) is 3.31. The standard InChI is InChI=1S/C11H16N2O2/c1-7-12-9(11(14)15)10(13(7)2)8-5-3-4-6-8/h8H,3-6H2,1-2H3,(H,14,15). The zero-order valence-corrected chi connectivity index (χ0v) is 9.16. The number of imidazole rings is 1. The maximum absolute atomic E-state index is 11.1. The van der Waals surface area contributed by atoms with Gasteiger partial charge in [-0.05, 0) is 19.8 Å². The summed E-state index contributed by atoms with van der Waals surface area (Å²) in [6.45, 7) is 1.85. The van der Waals surface area contributed by atoms with Crippen LogP contribution in [0.25, 0.3) is 0 Å². The second-order valence-electron chi connectivity index (χ2n) is 4.24. The molecule has 0 aromatic carbocycles. The summed E-state index contributed by atoms with van der Waals surface area (Å²) in [5.74, 6) is 0.275. The minimum atomic E-state index is -0.902. The van der Waals surface area contributed by atoms with Crippen LogP contribution in [0.3, 0.4) is 0 Å². The molecule has 0 spiro atoms. The van der Waals surface area contributed by atoms with Gasteiger partial charge < -0.3 is 9.67 Å². The average Bonchev–Trinajstić information content (AvgIpc) is 2.76. The highest BCUT2D eigenvalue weighted by molar-refractivity contribution is 5.87. The Bertz CT molecular complexity index is 390. The zero-order chi connectivity index (χ0) is 11.0. The molecule has 1 aliphatic carbocycles. The maximum atomic E-state index is 11.1. The average molecular weight is 208 g/mol. The Morgan fingerprint density at radius 2 is 2.07 bits per heavy atom. The van der Waals surface area contributed by atoms with Crippen molar-refractivity contribution in [3.05, 3.63) is 17.2 Å². The SMILES string of the molecule is Cc1nc(C(=O)O)c(C2CCCC2)n1C. The first kappa shape index (κ1) is 10.2. The van der Waals surface area contributed by atoms with Gasteiger partial charge in [-0.3, -0.25) is 0 Å². The van der Waals surface area contributed by atoms with Gasteiger partial charge in [0.1, 0.15) is 5.82 Å². The molecule has 1 fully saturated rings. The van der Waals surface area contributed by atoms with E-state index in [1.54, 1.807) is 0 Å². The van der Waals surface area contributed by atoms with Crippen LogP contribution in [0.2, 0.25) is 0 Å². The molecule has 0 saturated heterocycles. The zero-order valence-electron chi connectivity index (χ0n) is 9.16. The summed E-state index contributed by atoms with van der Waals surface area (Å²) in [5, 5.41) is 9.09. The lowest BCUT2D eigenvalue weighted by molar-refractivity contribution is 0.0689. The molecule has 1 aromatic heterocycles. The van der Waals surface area contributed by atoms with E-state index in [9.17, 15) is 4.79 Å². The van der Waals surface area contributed by atoms with E-state index in [-0.39, 0.29) is 5.69 Å². The Hall–Kier alpha value is -1.32. The van der Waals surface area contributed by atoms with Crippen molar-refractivity contribution in [3.8, 4) is 0 Å². The lowest BCUT2D eigenvalue weighted by atomic mass is 10.0. The number of carbonyl (C=O) groups is 1. The molecule has 0 bridgehead atoms. The van der Waals surface area contributed by atoms with E-state index in [4.69, 9.17) is 5.11 Å². The molecule has 0 amide bonds. The smallest absolute Gasteiger partial charge is 0.356 e. The molecule has 4 heteroatoms. The Kier molecular flexibility index (Phi) is 2.50. The number of hydrogen-bond acceptors (Lipinski definition) is 2. The fourth-order valence-corrected chi connectivity index (χ4v) is 2.45. The summed E-state index contributed by atoms with van der Waals surface area (Å²) in [6, 6.07) is 0. The van der Waals surface area contributed by atoms with Gasteiger partial charge >= 0.3 is 5.97 Å². The number of aromatic nitrogens is 2. The molecular weight excluding hydrogens is 192 g/mol. The Labute approximate surface area is 88.9 Å². The number of carboxylic acid groups (broad SMARTS) is 1. The van der Waals surface area contributed by atoms with Crippen molar-refractivity contribution in [3.63, 3.8) is 0 Å². The third-order valence-corrected chi connectivity index (χ3v) is 3.31. The van der Waals surface area contributed by atoms with Crippen molar-refractivity contribution in [2.75, 3.05) is 0 Å². The molecule has 1 aliphatic rings. The molecule has 1 heterocycles. The molecule has 0 atom stereocenters. The largest absolute Gasteiger partial charge is 0.476 e. The lowest BCUT2D eigenvalue weighted by Gasteiger charge is -2.11. The van der Waals surface area contributed by atoms with Crippen LogP contribution in [0.5, 0.6) is 0 Å². The van der Waals surface area contributed by atoms with E-state index in [0.717, 1.165) is 24.4 Å². The van der Waals surface area contributed by atoms with Crippen LogP contribution >= 0.6 is 0 Å². The van der Waals surface area contributed by atoms with Gasteiger partial charge in [0.25, 0.3) is 0 Å². The van der Waals surface area contributed by atoms with Crippen molar-refractivity contribution < 1.29 is 9.90 Å². The van der Waals surface area contributed by atoms with Crippen molar-refractivity contribution in [1.29, 1.82) is 0 Å². The number of hydrogen-bond donors (Lipinski definition) is 1. The lowest BCUT2D eigenvalue weighted by Crippen LogP contribution is -2.08. The normalized spacial score (nSPS) is 17.2. The van der Waals surface area contributed by atoms with E-state index in [1.165, 1.54) is 12.8 Å². The van der Waals surface area contributed by atoms with Crippen molar-refractivity contribution in [2.24, 2.45) is 7.05 Å². The highest BCUT2D eigenvalue weighted by Crippen LogP contribution is 2.35. The quantitative estimate of drug-likeness (QED) is 0.809. The minimum Gasteiger partial charge on any atom is -0.476 e. The van der Waals surface area contributed by atoms with E-state index < -0.39 is 5.97 Å². The number of aromatic carboxylic acids is 1. The minimum absolute atomic E-state index is 0.252. The molecule has 1 saturated carbocycles. The number of carboxylic acids is 1. The molecule has 1 N–H and O–H groups in total. The van der Waals surface area contributed by atoms with Crippen LogP contribution in [0.1, 0.15) is 53.6 Å².